The van der Waals surface area contributed by atoms with Gasteiger partial charge in [-0.3, -0.25) is 0 Å². The van der Waals surface area contributed by atoms with Gasteiger partial charge >= 0.3 is 25.4 Å². The molecular weight excluding hydrogens is 1640 g/mol. The predicted molar refractivity (Wildman–Crippen MR) is 447 cm³/mol. The number of epoxide rings is 1. The van der Waals surface area contributed by atoms with Crippen LogP contribution in [-0.4, -0.2) is 73.7 Å². The monoisotopic (exact) mass is 1730 g/mol. The van der Waals surface area contributed by atoms with Crippen LogP contribution in [0.15, 0.2) is 267 Å². The second kappa shape index (κ2) is 39.1. The molecule has 0 saturated carbocycles. The van der Waals surface area contributed by atoms with Crippen molar-refractivity contribution in [1.82, 2.24) is 0 Å². The van der Waals surface area contributed by atoms with Gasteiger partial charge in [-0.1, -0.05) is 146 Å². The van der Waals surface area contributed by atoms with Crippen LogP contribution in [0.25, 0.3) is 44.5 Å². The van der Waals surface area contributed by atoms with E-state index in [4.69, 9.17) is 7.71 Å². The number of alkyl halides is 12. The number of aliphatic hydroxyl groups is 2. The fraction of sp³-hybridized carbons (Fsp3) is 0.258. The van der Waals surface area contributed by atoms with Crippen LogP contribution in [0.1, 0.15) is 118 Å². The van der Waals surface area contributed by atoms with E-state index < -0.39 is 37.7 Å². The molecule has 124 heavy (non-hydrogen) atoms. The van der Waals surface area contributed by atoms with E-state index >= 15 is 0 Å². The van der Waals surface area contributed by atoms with Crippen molar-refractivity contribution in [2.24, 2.45) is 0 Å². The van der Waals surface area contributed by atoms with Crippen molar-refractivity contribution in [3.05, 3.63) is 335 Å². The highest BCUT2D eigenvalue weighted by Gasteiger charge is 2.38. The standard InChI is InChI=1S/2C25H23F4NO2.2C22H17F4NO.C3H6O.H2/c2*1-16(31)15-30-23(18-6-3-8-20(14-18)32-25(27,28)29)12-11-22-21(9-4-10-24(22)30)17-5-2-7-19(26)13-17;2*23-16-6-1-4-14(12-16)18-8-3-9-21-19(18)10-11-20(27-21)15-5-2-7-17(13-15)28-22(24,25)26;1-3-2-4-3;/h2*2-10,13-14,16,23,31H,11-12,15H2,1H3;2*1-9,12-13,20,27H,10-11H2;3H,2H2,1H3;1H/t16-,23+;16-,23-;;;3-;/m11..1./s1/i;;;;;1+1D. The molecule has 4 N–H and O–H groups in total. The molecule has 0 amide bonds. The van der Waals surface area contributed by atoms with Gasteiger partial charge in [-0.15, -0.1) is 52.7 Å². The highest BCUT2D eigenvalue weighted by atomic mass is 19.4. The molecule has 1 saturated heterocycles. The molecule has 17 rings (SSSR count). The Kier molecular flexibility index (Phi) is 27.8. The SMILES string of the molecule is C[C@@H](O)CN1c2cccc(-c3cccc(F)c3)c2CC[C@@H]1c1cccc(OC(F)(F)F)c1.C[C@@H](O)CN1c2cccc(-c3cccc(F)c3)c2CC[C@H]1c1cccc(OC(F)(F)F)c1.C[C@@H]1CO1.Fc1cccc(-c2cccc3c2CCC(c2cccc(OC(F)(F)F)c2)N3)c1.Fc1cccc(-c2cccc3c2CCC(c2cccc(OC(F)(F)F)c2)N3)c1.[2H][2H]. The Hall–Kier alpha value is -12.2. The highest BCUT2D eigenvalue weighted by molar-refractivity contribution is 5.80. The lowest BCUT2D eigenvalue weighted by Crippen LogP contribution is -2.38. The van der Waals surface area contributed by atoms with Gasteiger partial charge in [0.15, 0.2) is 0 Å². The second-order valence-electron chi connectivity index (χ2n) is 30.5. The molecule has 12 aromatic rings. The number of hydrogen-bond acceptors (Lipinski definition) is 11. The van der Waals surface area contributed by atoms with Gasteiger partial charge in [0.1, 0.15) is 46.3 Å². The first kappa shape index (κ1) is 88.1. The molecule has 5 aliphatic heterocycles. The summed E-state index contributed by atoms with van der Waals surface area (Å²) in [6, 6.07) is 72.0. The Bertz CT molecular complexity index is 5320. The Morgan fingerprint density at radius 2 is 0.621 bits per heavy atom. The van der Waals surface area contributed by atoms with E-state index in [2.05, 4.69) is 36.5 Å². The molecule has 2 unspecified atom stereocenters. The summed E-state index contributed by atoms with van der Waals surface area (Å²) in [5, 5.41) is 27.1. The summed E-state index contributed by atoms with van der Waals surface area (Å²) in [7, 11) is 0. The number of ether oxygens (including phenoxy) is 5. The Labute approximate surface area is 709 Å². The van der Waals surface area contributed by atoms with E-state index in [0.717, 1.165) is 120 Å². The fourth-order valence-corrected chi connectivity index (χ4v) is 16.2. The molecule has 5 aliphatic rings. The van der Waals surface area contributed by atoms with E-state index in [1.54, 1.807) is 74.5 Å². The minimum atomic E-state index is -4.77. The molecule has 7 atom stereocenters. The van der Waals surface area contributed by atoms with Crippen LogP contribution >= 0.6 is 0 Å². The van der Waals surface area contributed by atoms with Crippen molar-refractivity contribution < 1.29 is 107 Å². The molecule has 0 aliphatic carbocycles. The van der Waals surface area contributed by atoms with E-state index in [1.165, 1.54) is 109 Å². The molecule has 12 aromatic carbocycles. The van der Waals surface area contributed by atoms with Crippen molar-refractivity contribution in [3.63, 3.8) is 0 Å². The second-order valence-corrected chi connectivity index (χ2v) is 30.5. The first-order chi connectivity index (χ1) is 60.1. The number of rotatable bonds is 16. The number of nitrogens with zero attached hydrogens (tertiary/aromatic N) is 2. The predicted octanol–water partition coefficient (Wildman–Crippen LogP) is 26.2. The maximum atomic E-state index is 13.8. The van der Waals surface area contributed by atoms with Crippen molar-refractivity contribution in [1.29, 1.82) is 0 Å². The third kappa shape index (κ3) is 24.4. The highest BCUT2D eigenvalue weighted by Crippen LogP contribution is 2.48. The lowest BCUT2D eigenvalue weighted by atomic mass is 9.86. The lowest BCUT2D eigenvalue weighted by molar-refractivity contribution is -0.275. The Morgan fingerprint density at radius 1 is 0.363 bits per heavy atom. The van der Waals surface area contributed by atoms with Crippen LogP contribution in [0, 0.1) is 23.3 Å². The maximum Gasteiger partial charge on any atom is 0.573 e. The molecule has 27 heteroatoms. The van der Waals surface area contributed by atoms with Gasteiger partial charge in [0.25, 0.3) is 0 Å². The molecule has 0 bridgehead atoms. The van der Waals surface area contributed by atoms with Crippen molar-refractivity contribution >= 4 is 22.7 Å². The van der Waals surface area contributed by atoms with E-state index in [1.807, 2.05) is 107 Å². The summed E-state index contributed by atoms with van der Waals surface area (Å²) in [4.78, 5) is 4.03. The summed E-state index contributed by atoms with van der Waals surface area (Å²) in [5.41, 5.74) is 17.4. The van der Waals surface area contributed by atoms with Gasteiger partial charge in [-0.25, -0.2) is 17.6 Å². The summed E-state index contributed by atoms with van der Waals surface area (Å²) in [6.45, 7) is 6.99. The summed E-state index contributed by atoms with van der Waals surface area (Å²) in [5.74, 6) is -2.24. The average molecular weight is 1730 g/mol. The number of hydrogen-bond donors (Lipinski definition) is 4. The molecular formula is C97H88F16N4O7. The lowest BCUT2D eigenvalue weighted by Gasteiger charge is -2.41. The van der Waals surface area contributed by atoms with Crippen LogP contribution in [0.5, 0.6) is 23.0 Å². The smallest absolute Gasteiger partial charge is 0.406 e. The third-order valence-electron chi connectivity index (χ3n) is 21.3. The largest absolute Gasteiger partial charge is 0.573 e. The molecule has 1 fully saturated rings. The topological polar surface area (TPSA) is 120 Å². The summed E-state index contributed by atoms with van der Waals surface area (Å²) < 4.78 is 237. The Morgan fingerprint density at radius 3 is 0.903 bits per heavy atom. The van der Waals surface area contributed by atoms with Crippen LogP contribution < -0.4 is 39.4 Å². The molecule has 0 spiro atoms. The quantitative estimate of drug-likeness (QED) is 0.0547. The zero-order valence-corrected chi connectivity index (χ0v) is 67.1. The minimum Gasteiger partial charge on any atom is -0.406 e. The zero-order valence-electron chi connectivity index (χ0n) is 69.1. The van der Waals surface area contributed by atoms with Gasteiger partial charge in [-0.2, -0.15) is 0 Å². The van der Waals surface area contributed by atoms with Crippen LogP contribution in [-0.2, 0) is 30.4 Å². The molecule has 650 valence electrons. The van der Waals surface area contributed by atoms with Crippen LogP contribution in [0.4, 0.5) is 93.0 Å². The average Bonchev–Trinajstić information content (AvgIpc) is 1.17. The van der Waals surface area contributed by atoms with Gasteiger partial charge in [-0.05, 0) is 282 Å². The number of anilines is 4. The first-order valence-corrected chi connectivity index (χ1v) is 40.1. The molecule has 5 heterocycles. The van der Waals surface area contributed by atoms with E-state index in [9.17, 15) is 80.5 Å². The minimum absolute atomic E-state index is 0.132. The first-order valence-electron chi connectivity index (χ1n) is 41.1. The van der Waals surface area contributed by atoms with Gasteiger partial charge in [0.2, 0.25) is 0 Å². The van der Waals surface area contributed by atoms with Gasteiger partial charge < -0.3 is 54.3 Å². The van der Waals surface area contributed by atoms with E-state index in [0.29, 0.717) is 68.8 Å². The van der Waals surface area contributed by atoms with Crippen LogP contribution in [0.2, 0.25) is 0 Å². The summed E-state index contributed by atoms with van der Waals surface area (Å²) in [6.07, 6.45) is -14.3. The third-order valence-corrected chi connectivity index (χ3v) is 21.3. The number of halogens is 16. The summed E-state index contributed by atoms with van der Waals surface area (Å²) >= 11 is 0. The molecule has 0 radical (unpaired) electrons. The zero-order chi connectivity index (χ0) is 90.2. The van der Waals surface area contributed by atoms with Crippen molar-refractivity contribution in [3.8, 4) is 67.5 Å². The normalized spacial score (nSPS) is 17.5. The van der Waals surface area contributed by atoms with Crippen molar-refractivity contribution in [2.75, 3.05) is 40.1 Å². The van der Waals surface area contributed by atoms with E-state index in [-0.39, 0.29) is 70.4 Å². The van der Waals surface area contributed by atoms with Gasteiger partial charge in [0, 0.05) is 38.8 Å². The number of benzene rings is 12. The van der Waals surface area contributed by atoms with Crippen LogP contribution in [0.3, 0.4) is 0 Å². The molecule has 11 nitrogen and oxygen atoms in total. The molecule has 0 aromatic heterocycles. The van der Waals surface area contributed by atoms with Gasteiger partial charge in [0.05, 0.1) is 49.1 Å². The Balaban J connectivity index is 0.000000149. The van der Waals surface area contributed by atoms with Crippen molar-refractivity contribution in [2.45, 2.75) is 140 Å². The number of aliphatic hydroxyl groups excluding tert-OH is 2. The number of fused-ring (bicyclic) bond motifs is 4. The maximum absolute atomic E-state index is 13.8. The number of β-amino-alcohol motifs (C(OH)–C–C–N with tert-alkyl or cyclic N) is 2. The number of nitrogens with one attached hydrogen (secondary N) is 2. The fourth-order valence-electron chi connectivity index (χ4n) is 16.2.